The molecule has 3 rings (SSSR count). The third-order valence-corrected chi connectivity index (χ3v) is 6.09. The Labute approximate surface area is 146 Å². The SMILES string of the molecule is CCN(CC(=O)O)C1CC(NC(=O)c2scnc2C2CCCC2)C1. The number of rotatable bonds is 7. The van der Waals surface area contributed by atoms with Gasteiger partial charge in [0.05, 0.1) is 17.7 Å². The van der Waals surface area contributed by atoms with Gasteiger partial charge in [0.1, 0.15) is 4.88 Å². The van der Waals surface area contributed by atoms with E-state index in [4.69, 9.17) is 5.11 Å². The molecular weight excluding hydrogens is 326 g/mol. The highest BCUT2D eigenvalue weighted by Crippen LogP contribution is 2.36. The second kappa shape index (κ2) is 7.61. The Kier molecular flexibility index (Phi) is 5.50. The van der Waals surface area contributed by atoms with Crippen LogP contribution in [0, 0.1) is 0 Å². The summed E-state index contributed by atoms with van der Waals surface area (Å²) in [6, 6.07) is 0.399. The number of thiazole rings is 1. The fourth-order valence-electron chi connectivity index (χ4n) is 3.84. The van der Waals surface area contributed by atoms with Gasteiger partial charge >= 0.3 is 5.97 Å². The number of aliphatic carboxylic acids is 1. The van der Waals surface area contributed by atoms with Gasteiger partial charge in [-0.25, -0.2) is 4.98 Å². The quantitative estimate of drug-likeness (QED) is 0.788. The summed E-state index contributed by atoms with van der Waals surface area (Å²) >= 11 is 1.43. The summed E-state index contributed by atoms with van der Waals surface area (Å²) in [4.78, 5) is 30.6. The van der Waals surface area contributed by atoms with Crippen molar-refractivity contribution in [2.45, 2.75) is 63.5 Å². The second-order valence-corrected chi connectivity index (χ2v) is 7.66. The molecule has 0 unspecified atom stereocenters. The van der Waals surface area contributed by atoms with Crippen molar-refractivity contribution in [3.8, 4) is 0 Å². The van der Waals surface area contributed by atoms with Crippen LogP contribution in [0.4, 0.5) is 0 Å². The number of likely N-dealkylation sites (N-methyl/N-ethyl adjacent to an activating group) is 1. The van der Waals surface area contributed by atoms with Crippen LogP contribution >= 0.6 is 11.3 Å². The summed E-state index contributed by atoms with van der Waals surface area (Å²) in [7, 11) is 0. The van der Waals surface area contributed by atoms with E-state index in [0.29, 0.717) is 5.92 Å². The first-order valence-corrected chi connectivity index (χ1v) is 9.66. The van der Waals surface area contributed by atoms with Crippen LogP contribution < -0.4 is 5.32 Å². The van der Waals surface area contributed by atoms with Crippen molar-refractivity contribution in [1.29, 1.82) is 0 Å². The molecule has 132 valence electrons. The van der Waals surface area contributed by atoms with E-state index in [2.05, 4.69) is 10.3 Å². The van der Waals surface area contributed by atoms with Gasteiger partial charge in [0.15, 0.2) is 0 Å². The average molecular weight is 351 g/mol. The lowest BCUT2D eigenvalue weighted by atomic mass is 9.85. The Balaban J connectivity index is 1.52. The molecule has 0 saturated heterocycles. The molecule has 0 bridgehead atoms. The van der Waals surface area contributed by atoms with E-state index in [9.17, 15) is 9.59 Å². The minimum absolute atomic E-state index is 0.0101. The summed E-state index contributed by atoms with van der Waals surface area (Å²) in [5, 5.41) is 12.0. The van der Waals surface area contributed by atoms with Crippen molar-refractivity contribution in [3.05, 3.63) is 16.1 Å². The molecule has 6 nitrogen and oxygen atoms in total. The number of carbonyl (C=O) groups is 2. The molecule has 7 heteroatoms. The van der Waals surface area contributed by atoms with E-state index in [1.54, 1.807) is 5.51 Å². The lowest BCUT2D eigenvalue weighted by Gasteiger charge is -2.42. The van der Waals surface area contributed by atoms with Crippen LogP contribution in [0.3, 0.4) is 0 Å². The smallest absolute Gasteiger partial charge is 0.317 e. The molecule has 2 N–H and O–H groups in total. The lowest BCUT2D eigenvalue weighted by molar-refractivity contribution is -0.139. The van der Waals surface area contributed by atoms with Gasteiger partial charge in [0.25, 0.3) is 5.91 Å². The number of carbonyl (C=O) groups excluding carboxylic acids is 1. The number of aromatic nitrogens is 1. The molecule has 2 saturated carbocycles. The molecule has 2 fully saturated rings. The summed E-state index contributed by atoms with van der Waals surface area (Å²) < 4.78 is 0. The predicted octanol–water partition coefficient (Wildman–Crippen LogP) is 2.47. The number of carboxylic acids is 1. The minimum Gasteiger partial charge on any atom is -0.480 e. The van der Waals surface area contributed by atoms with Gasteiger partial charge < -0.3 is 10.4 Å². The first-order chi connectivity index (χ1) is 11.6. The van der Waals surface area contributed by atoms with Crippen molar-refractivity contribution in [3.63, 3.8) is 0 Å². The third kappa shape index (κ3) is 3.78. The number of nitrogens with zero attached hydrogens (tertiary/aromatic N) is 2. The van der Waals surface area contributed by atoms with E-state index in [0.717, 1.165) is 42.8 Å². The molecule has 2 aliphatic carbocycles. The van der Waals surface area contributed by atoms with Crippen molar-refractivity contribution in [1.82, 2.24) is 15.2 Å². The molecule has 1 aromatic heterocycles. The Morgan fingerprint density at radius 3 is 2.71 bits per heavy atom. The maximum atomic E-state index is 12.6. The molecule has 0 aromatic carbocycles. The van der Waals surface area contributed by atoms with Gasteiger partial charge in [-0.15, -0.1) is 11.3 Å². The summed E-state index contributed by atoms with van der Waals surface area (Å²) in [5.41, 5.74) is 2.75. The van der Waals surface area contributed by atoms with Crippen LogP contribution in [0.15, 0.2) is 5.51 Å². The maximum Gasteiger partial charge on any atom is 0.317 e. The average Bonchev–Trinajstić information content (AvgIpc) is 3.17. The Morgan fingerprint density at radius 1 is 1.38 bits per heavy atom. The van der Waals surface area contributed by atoms with Crippen molar-refractivity contribution >= 4 is 23.2 Å². The van der Waals surface area contributed by atoms with E-state index in [-0.39, 0.29) is 24.5 Å². The zero-order valence-electron chi connectivity index (χ0n) is 14.0. The maximum absolute atomic E-state index is 12.6. The molecule has 0 atom stereocenters. The van der Waals surface area contributed by atoms with Crippen molar-refractivity contribution in [2.75, 3.05) is 13.1 Å². The Bertz CT molecular complexity index is 592. The fraction of sp³-hybridized carbons (Fsp3) is 0.706. The molecule has 24 heavy (non-hydrogen) atoms. The zero-order chi connectivity index (χ0) is 17.1. The number of amides is 1. The van der Waals surface area contributed by atoms with E-state index in [1.165, 1.54) is 24.2 Å². The van der Waals surface area contributed by atoms with Crippen LogP contribution in [0.2, 0.25) is 0 Å². The number of carboxylic acid groups (broad SMARTS) is 1. The third-order valence-electron chi connectivity index (χ3n) is 5.25. The van der Waals surface area contributed by atoms with Crippen LogP contribution in [0.5, 0.6) is 0 Å². The summed E-state index contributed by atoms with van der Waals surface area (Å²) in [5.74, 6) is -0.364. The molecule has 1 aromatic rings. The van der Waals surface area contributed by atoms with Gasteiger partial charge in [0, 0.05) is 18.0 Å². The zero-order valence-corrected chi connectivity index (χ0v) is 14.8. The lowest BCUT2D eigenvalue weighted by Crippen LogP contribution is -2.54. The largest absolute Gasteiger partial charge is 0.480 e. The number of nitrogens with one attached hydrogen (secondary N) is 1. The highest BCUT2D eigenvalue weighted by molar-refractivity contribution is 7.11. The standard InChI is InChI=1S/C17H25N3O3S/c1-2-20(9-14(21)22)13-7-12(8-13)19-17(23)16-15(18-10-24-16)11-5-3-4-6-11/h10-13H,2-9H2,1H3,(H,19,23)(H,21,22). The van der Waals surface area contributed by atoms with Gasteiger partial charge in [-0.3, -0.25) is 14.5 Å². The first kappa shape index (κ1) is 17.4. The number of hydrogen-bond acceptors (Lipinski definition) is 5. The van der Waals surface area contributed by atoms with Crippen LogP contribution in [-0.4, -0.2) is 52.0 Å². The van der Waals surface area contributed by atoms with Gasteiger partial charge in [-0.05, 0) is 32.2 Å². The van der Waals surface area contributed by atoms with E-state index < -0.39 is 5.97 Å². The highest BCUT2D eigenvalue weighted by Gasteiger charge is 2.35. The molecule has 0 aliphatic heterocycles. The molecular formula is C17H25N3O3S. The molecule has 2 aliphatic rings. The summed E-state index contributed by atoms with van der Waals surface area (Å²) in [6.07, 6.45) is 6.37. The van der Waals surface area contributed by atoms with Crippen LogP contribution in [-0.2, 0) is 4.79 Å². The molecule has 1 amide bonds. The normalized spacial score (nSPS) is 24.1. The van der Waals surface area contributed by atoms with Gasteiger partial charge in [-0.2, -0.15) is 0 Å². The van der Waals surface area contributed by atoms with Crippen molar-refractivity contribution < 1.29 is 14.7 Å². The molecule has 0 radical (unpaired) electrons. The van der Waals surface area contributed by atoms with Gasteiger partial charge in [0.2, 0.25) is 0 Å². The summed E-state index contributed by atoms with van der Waals surface area (Å²) in [6.45, 7) is 2.76. The van der Waals surface area contributed by atoms with Crippen LogP contribution in [0.25, 0.3) is 0 Å². The second-order valence-electron chi connectivity index (χ2n) is 6.80. The molecule has 1 heterocycles. The van der Waals surface area contributed by atoms with E-state index in [1.807, 2.05) is 11.8 Å². The van der Waals surface area contributed by atoms with Crippen LogP contribution in [0.1, 0.15) is 66.7 Å². The Morgan fingerprint density at radius 2 is 2.08 bits per heavy atom. The number of hydrogen-bond donors (Lipinski definition) is 2. The monoisotopic (exact) mass is 351 g/mol. The highest BCUT2D eigenvalue weighted by atomic mass is 32.1. The predicted molar refractivity (Wildman–Crippen MR) is 92.5 cm³/mol. The van der Waals surface area contributed by atoms with E-state index >= 15 is 0 Å². The van der Waals surface area contributed by atoms with Crippen molar-refractivity contribution in [2.24, 2.45) is 0 Å². The topological polar surface area (TPSA) is 82.5 Å². The first-order valence-electron chi connectivity index (χ1n) is 8.78. The minimum atomic E-state index is -0.796. The van der Waals surface area contributed by atoms with Gasteiger partial charge in [-0.1, -0.05) is 19.8 Å². The molecule has 0 spiro atoms. The Hall–Kier alpha value is -1.47. The fourth-order valence-corrected chi connectivity index (χ4v) is 4.62.